The van der Waals surface area contributed by atoms with Crippen LogP contribution in [-0.2, 0) is 10.3 Å². The fourth-order valence-electron chi connectivity index (χ4n) is 1.33. The summed E-state index contributed by atoms with van der Waals surface area (Å²) in [4.78, 5) is 4.29. The molecule has 5 heteroatoms. The van der Waals surface area contributed by atoms with Gasteiger partial charge in [-0.05, 0) is 26.7 Å². The quantitative estimate of drug-likeness (QED) is 0.832. The maximum absolute atomic E-state index is 5.93. The summed E-state index contributed by atoms with van der Waals surface area (Å²) in [6.07, 6.45) is 0. The largest absolute Gasteiger partial charge is 0.368 e. The van der Waals surface area contributed by atoms with Crippen molar-refractivity contribution in [2.75, 3.05) is 6.61 Å². The number of ether oxygens (including phenoxy) is 1. The average molecular weight is 227 g/mol. The molecule has 1 unspecified atom stereocenters. The molecule has 2 N–H and O–H groups in total. The molecule has 0 bridgehead atoms. The lowest BCUT2D eigenvalue weighted by molar-refractivity contribution is -0.0221. The van der Waals surface area contributed by atoms with Gasteiger partial charge in [0.1, 0.15) is 5.60 Å². The molecule has 0 aliphatic heterocycles. The number of hydrogen-bond donors (Lipinski definition) is 1. The number of nitrogens with zero attached hydrogens (tertiary/aromatic N) is 2. The van der Waals surface area contributed by atoms with Gasteiger partial charge in [-0.2, -0.15) is 4.98 Å². The van der Waals surface area contributed by atoms with E-state index < -0.39 is 5.60 Å². The molecular formula is C11H21N3O2. The first kappa shape index (κ1) is 13.1. The van der Waals surface area contributed by atoms with Crippen molar-refractivity contribution in [2.45, 2.75) is 46.3 Å². The Morgan fingerprint density at radius 1 is 1.44 bits per heavy atom. The molecule has 0 amide bonds. The third-order valence-corrected chi connectivity index (χ3v) is 2.49. The lowest BCUT2D eigenvalue weighted by Gasteiger charge is -2.19. The van der Waals surface area contributed by atoms with Crippen LogP contribution in [0.15, 0.2) is 4.52 Å². The molecule has 1 atom stereocenters. The molecule has 1 heterocycles. The van der Waals surface area contributed by atoms with Gasteiger partial charge in [0.15, 0.2) is 0 Å². The molecule has 0 aliphatic rings. The van der Waals surface area contributed by atoms with Crippen LogP contribution in [-0.4, -0.2) is 16.7 Å². The number of aromatic nitrogens is 2. The van der Waals surface area contributed by atoms with Crippen LogP contribution in [0, 0.1) is 5.92 Å². The van der Waals surface area contributed by atoms with Gasteiger partial charge in [0, 0.05) is 6.61 Å². The molecule has 92 valence electrons. The third kappa shape index (κ3) is 2.80. The molecule has 0 fully saturated rings. The topological polar surface area (TPSA) is 74.2 Å². The maximum atomic E-state index is 5.93. The Labute approximate surface area is 96.4 Å². The summed E-state index contributed by atoms with van der Waals surface area (Å²) < 4.78 is 10.7. The van der Waals surface area contributed by atoms with Gasteiger partial charge < -0.3 is 15.0 Å². The number of nitrogens with two attached hydrogens (primary N) is 1. The van der Waals surface area contributed by atoms with E-state index in [-0.39, 0.29) is 12.0 Å². The van der Waals surface area contributed by atoms with E-state index in [9.17, 15) is 0 Å². The minimum atomic E-state index is -0.535. The fourth-order valence-corrected chi connectivity index (χ4v) is 1.33. The summed E-state index contributed by atoms with van der Waals surface area (Å²) in [5, 5.41) is 3.92. The average Bonchev–Trinajstić information content (AvgIpc) is 2.65. The molecule has 0 saturated carbocycles. The molecule has 0 radical (unpaired) electrons. The molecule has 0 saturated heterocycles. The number of rotatable bonds is 5. The van der Waals surface area contributed by atoms with E-state index in [0.29, 0.717) is 18.3 Å². The molecule has 5 nitrogen and oxygen atoms in total. The van der Waals surface area contributed by atoms with E-state index in [0.717, 1.165) is 0 Å². The zero-order chi connectivity index (χ0) is 12.3. The lowest BCUT2D eigenvalue weighted by Crippen LogP contribution is -2.24. The minimum Gasteiger partial charge on any atom is -0.368 e. The second kappa shape index (κ2) is 4.93. The number of hydrogen-bond acceptors (Lipinski definition) is 5. The first-order chi connectivity index (χ1) is 7.38. The van der Waals surface area contributed by atoms with Crippen LogP contribution in [0.2, 0.25) is 0 Å². The molecule has 0 aliphatic carbocycles. The van der Waals surface area contributed by atoms with Crippen molar-refractivity contribution in [2.24, 2.45) is 11.7 Å². The van der Waals surface area contributed by atoms with Gasteiger partial charge in [-0.25, -0.2) is 0 Å². The molecule has 1 rings (SSSR count). The van der Waals surface area contributed by atoms with Crippen LogP contribution < -0.4 is 5.73 Å². The maximum Gasteiger partial charge on any atom is 0.243 e. The Morgan fingerprint density at radius 3 is 2.56 bits per heavy atom. The van der Waals surface area contributed by atoms with Crippen LogP contribution in [0.1, 0.15) is 52.4 Å². The van der Waals surface area contributed by atoms with Crippen molar-refractivity contribution in [3.8, 4) is 0 Å². The van der Waals surface area contributed by atoms with Crippen molar-refractivity contribution < 1.29 is 9.26 Å². The zero-order valence-corrected chi connectivity index (χ0v) is 10.7. The standard InChI is InChI=1S/C11H21N3O2/c1-6-15-11(4,5)10-13-9(16-14-10)8(12)7(2)3/h7-8H,6,12H2,1-5H3. The van der Waals surface area contributed by atoms with Crippen molar-refractivity contribution in [3.05, 3.63) is 11.7 Å². The van der Waals surface area contributed by atoms with E-state index in [1.807, 2.05) is 34.6 Å². The van der Waals surface area contributed by atoms with Crippen LogP contribution in [0.5, 0.6) is 0 Å². The van der Waals surface area contributed by atoms with Crippen molar-refractivity contribution >= 4 is 0 Å². The smallest absolute Gasteiger partial charge is 0.243 e. The van der Waals surface area contributed by atoms with Gasteiger partial charge in [0.05, 0.1) is 6.04 Å². The predicted molar refractivity (Wildman–Crippen MR) is 60.7 cm³/mol. The van der Waals surface area contributed by atoms with Crippen LogP contribution in [0.25, 0.3) is 0 Å². The normalized spacial score (nSPS) is 14.4. The van der Waals surface area contributed by atoms with Gasteiger partial charge in [-0.15, -0.1) is 0 Å². The van der Waals surface area contributed by atoms with Crippen molar-refractivity contribution in [1.82, 2.24) is 10.1 Å². The Kier molecular flexibility index (Phi) is 4.04. The summed E-state index contributed by atoms with van der Waals surface area (Å²) in [6, 6.07) is -0.223. The summed E-state index contributed by atoms with van der Waals surface area (Å²) in [6.45, 7) is 10.4. The highest BCUT2D eigenvalue weighted by Gasteiger charge is 2.28. The van der Waals surface area contributed by atoms with Gasteiger partial charge in [-0.1, -0.05) is 19.0 Å². The predicted octanol–water partition coefficient (Wildman–Crippen LogP) is 2.00. The summed E-state index contributed by atoms with van der Waals surface area (Å²) >= 11 is 0. The molecule has 1 aromatic heterocycles. The van der Waals surface area contributed by atoms with Crippen molar-refractivity contribution in [3.63, 3.8) is 0 Å². The first-order valence-electron chi connectivity index (χ1n) is 5.62. The highest BCUT2D eigenvalue weighted by atomic mass is 16.5. The minimum absolute atomic E-state index is 0.223. The highest BCUT2D eigenvalue weighted by Crippen LogP contribution is 2.24. The zero-order valence-electron chi connectivity index (χ0n) is 10.7. The van der Waals surface area contributed by atoms with Gasteiger partial charge in [-0.3, -0.25) is 0 Å². The molecule has 0 spiro atoms. The van der Waals surface area contributed by atoms with E-state index >= 15 is 0 Å². The summed E-state index contributed by atoms with van der Waals surface area (Å²) in [5.41, 5.74) is 5.40. The van der Waals surface area contributed by atoms with Crippen LogP contribution in [0.3, 0.4) is 0 Å². The first-order valence-corrected chi connectivity index (χ1v) is 5.62. The van der Waals surface area contributed by atoms with E-state index in [1.54, 1.807) is 0 Å². The SMILES string of the molecule is CCOC(C)(C)c1noc(C(N)C(C)C)n1. The molecule has 0 aromatic carbocycles. The third-order valence-electron chi connectivity index (χ3n) is 2.49. The molecule has 16 heavy (non-hydrogen) atoms. The van der Waals surface area contributed by atoms with Gasteiger partial charge in [0.25, 0.3) is 0 Å². The van der Waals surface area contributed by atoms with Crippen LogP contribution >= 0.6 is 0 Å². The van der Waals surface area contributed by atoms with E-state index in [2.05, 4.69) is 10.1 Å². The fraction of sp³-hybridized carbons (Fsp3) is 0.818. The van der Waals surface area contributed by atoms with E-state index in [4.69, 9.17) is 15.0 Å². The molecule has 1 aromatic rings. The van der Waals surface area contributed by atoms with Gasteiger partial charge >= 0.3 is 0 Å². The van der Waals surface area contributed by atoms with E-state index in [1.165, 1.54) is 0 Å². The Morgan fingerprint density at radius 2 is 2.06 bits per heavy atom. The monoisotopic (exact) mass is 227 g/mol. The highest BCUT2D eigenvalue weighted by molar-refractivity contribution is 5.00. The lowest BCUT2D eigenvalue weighted by atomic mass is 10.1. The Balaban J connectivity index is 2.86. The van der Waals surface area contributed by atoms with Crippen LogP contribution in [0.4, 0.5) is 0 Å². The van der Waals surface area contributed by atoms with Crippen molar-refractivity contribution in [1.29, 1.82) is 0 Å². The second-order valence-corrected chi connectivity index (χ2v) is 4.67. The second-order valence-electron chi connectivity index (χ2n) is 4.67. The van der Waals surface area contributed by atoms with Gasteiger partial charge in [0.2, 0.25) is 11.7 Å². The Hall–Kier alpha value is -0.940. The summed E-state index contributed by atoms with van der Waals surface area (Å²) in [7, 11) is 0. The molecular weight excluding hydrogens is 206 g/mol. The Bertz CT molecular complexity index is 334. The summed E-state index contributed by atoms with van der Waals surface area (Å²) in [5.74, 6) is 1.28.